The van der Waals surface area contributed by atoms with E-state index in [9.17, 15) is 17.2 Å². The van der Waals surface area contributed by atoms with Gasteiger partial charge in [-0.15, -0.1) is 0 Å². The summed E-state index contributed by atoms with van der Waals surface area (Å²) >= 11 is 0. The minimum Gasteiger partial charge on any atom is -0.371 e. The summed E-state index contributed by atoms with van der Waals surface area (Å²) in [6.07, 6.45) is 1.64. The van der Waals surface area contributed by atoms with E-state index in [1.807, 2.05) is 4.90 Å². The zero-order chi connectivity index (χ0) is 13.9. The van der Waals surface area contributed by atoms with Crippen LogP contribution in [0.15, 0.2) is 29.2 Å². The van der Waals surface area contributed by atoms with Crippen molar-refractivity contribution < 1.29 is 17.2 Å². The molecular formula is C13H15F2NO2S. The van der Waals surface area contributed by atoms with Crippen LogP contribution >= 0.6 is 0 Å². The van der Waals surface area contributed by atoms with Crippen LogP contribution in [-0.4, -0.2) is 33.7 Å². The average molecular weight is 287 g/mol. The molecule has 0 aromatic heterocycles. The highest BCUT2D eigenvalue weighted by Gasteiger charge is 2.72. The first-order valence-corrected chi connectivity index (χ1v) is 8.06. The van der Waals surface area contributed by atoms with Crippen LogP contribution in [0, 0.1) is 5.41 Å². The van der Waals surface area contributed by atoms with E-state index in [2.05, 4.69) is 0 Å². The fraction of sp³-hybridized carbons (Fsp3) is 0.538. The molecule has 1 saturated heterocycles. The molecule has 1 unspecified atom stereocenters. The standard InChI is InChI=1S/C13H15F2NO2S/c1-19(17,18)11-4-2-10(3-5-11)16-7-6-12(9-16)8-13(12,14)15/h2-5H,6-9H2,1H3. The van der Waals surface area contributed by atoms with Crippen molar-refractivity contribution in [2.75, 3.05) is 24.2 Å². The summed E-state index contributed by atoms with van der Waals surface area (Å²) in [7, 11) is -3.21. The van der Waals surface area contributed by atoms with Gasteiger partial charge in [0.1, 0.15) is 0 Å². The van der Waals surface area contributed by atoms with Crippen LogP contribution in [0.2, 0.25) is 0 Å². The Labute approximate surface area is 111 Å². The van der Waals surface area contributed by atoms with Crippen molar-refractivity contribution in [1.29, 1.82) is 0 Å². The van der Waals surface area contributed by atoms with E-state index in [1.54, 1.807) is 12.1 Å². The maximum Gasteiger partial charge on any atom is 0.256 e. The lowest BCUT2D eigenvalue weighted by atomic mass is 10.1. The Hall–Kier alpha value is -1.17. The zero-order valence-electron chi connectivity index (χ0n) is 10.6. The van der Waals surface area contributed by atoms with Crippen molar-refractivity contribution in [2.24, 2.45) is 5.41 Å². The Morgan fingerprint density at radius 1 is 1.21 bits per heavy atom. The van der Waals surface area contributed by atoms with Gasteiger partial charge in [-0.05, 0) is 30.7 Å². The Morgan fingerprint density at radius 2 is 1.79 bits per heavy atom. The SMILES string of the molecule is CS(=O)(=O)c1ccc(N2CCC3(C2)CC3(F)F)cc1. The molecule has 3 nitrogen and oxygen atoms in total. The van der Waals surface area contributed by atoms with E-state index in [0.717, 1.165) is 11.9 Å². The molecule has 3 rings (SSSR count). The summed E-state index contributed by atoms with van der Waals surface area (Å²) in [4.78, 5) is 2.16. The van der Waals surface area contributed by atoms with Crippen LogP contribution in [0.25, 0.3) is 0 Å². The molecule has 104 valence electrons. The normalized spacial score (nSPS) is 28.9. The number of nitrogens with zero attached hydrogens (tertiary/aromatic N) is 1. The third kappa shape index (κ3) is 2.02. The Bertz CT molecular complexity index is 612. The van der Waals surface area contributed by atoms with Gasteiger partial charge in [-0.3, -0.25) is 0 Å². The number of rotatable bonds is 2. The van der Waals surface area contributed by atoms with Crippen LogP contribution in [-0.2, 0) is 9.84 Å². The molecule has 0 radical (unpaired) electrons. The van der Waals surface area contributed by atoms with E-state index in [-0.39, 0.29) is 11.3 Å². The van der Waals surface area contributed by atoms with Gasteiger partial charge < -0.3 is 4.90 Å². The minimum atomic E-state index is -3.21. The predicted octanol–water partition coefficient (Wildman–Crippen LogP) is 2.33. The number of anilines is 1. The lowest BCUT2D eigenvalue weighted by Crippen LogP contribution is -2.22. The maximum atomic E-state index is 13.3. The first-order valence-electron chi connectivity index (χ1n) is 6.17. The molecule has 0 N–H and O–H groups in total. The summed E-state index contributed by atoms with van der Waals surface area (Å²) in [6.45, 7) is 0.964. The Kier molecular flexibility index (Phi) is 2.49. The molecule has 6 heteroatoms. The first kappa shape index (κ1) is 12.8. The molecule has 1 spiro atoms. The van der Waals surface area contributed by atoms with Crippen molar-refractivity contribution in [3.8, 4) is 0 Å². The topological polar surface area (TPSA) is 37.4 Å². The maximum absolute atomic E-state index is 13.3. The lowest BCUT2D eigenvalue weighted by molar-refractivity contribution is 0.0711. The largest absolute Gasteiger partial charge is 0.371 e. The van der Waals surface area contributed by atoms with E-state index in [4.69, 9.17) is 0 Å². The molecule has 1 atom stereocenters. The first-order chi connectivity index (χ1) is 8.74. The number of sulfone groups is 1. The number of halogens is 2. The van der Waals surface area contributed by atoms with Crippen molar-refractivity contribution in [2.45, 2.75) is 23.7 Å². The van der Waals surface area contributed by atoms with Gasteiger partial charge in [0.15, 0.2) is 9.84 Å². The van der Waals surface area contributed by atoms with Gasteiger partial charge in [-0.25, -0.2) is 17.2 Å². The Balaban J connectivity index is 1.78. The molecule has 1 aromatic carbocycles. The highest BCUT2D eigenvalue weighted by molar-refractivity contribution is 7.90. The molecule has 0 bridgehead atoms. The number of hydrogen-bond donors (Lipinski definition) is 0. The van der Waals surface area contributed by atoms with Crippen LogP contribution in [0.5, 0.6) is 0 Å². The van der Waals surface area contributed by atoms with Gasteiger partial charge in [0.25, 0.3) is 5.92 Å². The number of benzene rings is 1. The second-order valence-corrected chi connectivity index (χ2v) is 7.61. The van der Waals surface area contributed by atoms with Crippen molar-refractivity contribution in [1.82, 2.24) is 0 Å². The van der Waals surface area contributed by atoms with E-state index in [1.165, 1.54) is 12.1 Å². The molecule has 1 saturated carbocycles. The van der Waals surface area contributed by atoms with Gasteiger partial charge in [0.2, 0.25) is 0 Å². The molecule has 1 aromatic rings. The minimum absolute atomic E-state index is 0.0159. The molecule has 0 amide bonds. The second kappa shape index (κ2) is 3.69. The van der Waals surface area contributed by atoms with Crippen LogP contribution in [0.4, 0.5) is 14.5 Å². The molecule has 1 aliphatic carbocycles. The number of hydrogen-bond acceptors (Lipinski definition) is 3. The van der Waals surface area contributed by atoms with Crippen molar-refractivity contribution >= 4 is 15.5 Å². The fourth-order valence-electron chi connectivity index (χ4n) is 2.82. The highest BCUT2D eigenvalue weighted by atomic mass is 32.2. The molecule has 2 aliphatic rings. The summed E-state index contributed by atoms with van der Waals surface area (Å²) in [6, 6.07) is 6.44. The molecule has 2 fully saturated rings. The summed E-state index contributed by atoms with van der Waals surface area (Å²) < 4.78 is 49.3. The summed E-state index contributed by atoms with van der Waals surface area (Å²) in [5, 5.41) is 0. The third-order valence-electron chi connectivity index (χ3n) is 4.20. The van der Waals surface area contributed by atoms with E-state index in [0.29, 0.717) is 19.5 Å². The zero-order valence-corrected chi connectivity index (χ0v) is 11.4. The molecular weight excluding hydrogens is 272 g/mol. The van der Waals surface area contributed by atoms with Gasteiger partial charge >= 0.3 is 0 Å². The number of alkyl halides is 2. The molecule has 1 heterocycles. The monoisotopic (exact) mass is 287 g/mol. The predicted molar refractivity (Wildman–Crippen MR) is 68.4 cm³/mol. The van der Waals surface area contributed by atoms with Gasteiger partial charge in [-0.2, -0.15) is 0 Å². The average Bonchev–Trinajstić information content (AvgIpc) is 2.69. The van der Waals surface area contributed by atoms with Crippen LogP contribution in [0.3, 0.4) is 0 Å². The lowest BCUT2D eigenvalue weighted by Gasteiger charge is -2.18. The van der Waals surface area contributed by atoms with Crippen LogP contribution < -0.4 is 4.90 Å². The van der Waals surface area contributed by atoms with Crippen molar-refractivity contribution in [3.05, 3.63) is 24.3 Å². The fourth-order valence-corrected chi connectivity index (χ4v) is 3.45. The summed E-state index contributed by atoms with van der Waals surface area (Å²) in [5.74, 6) is -2.52. The van der Waals surface area contributed by atoms with Gasteiger partial charge in [0, 0.05) is 31.5 Å². The molecule has 19 heavy (non-hydrogen) atoms. The molecule has 1 aliphatic heterocycles. The quantitative estimate of drug-likeness (QED) is 0.838. The summed E-state index contributed by atoms with van der Waals surface area (Å²) in [5.41, 5.74) is -0.0188. The third-order valence-corrected chi connectivity index (χ3v) is 5.32. The Morgan fingerprint density at radius 3 is 2.21 bits per heavy atom. The van der Waals surface area contributed by atoms with Gasteiger partial charge in [-0.1, -0.05) is 0 Å². The smallest absolute Gasteiger partial charge is 0.256 e. The van der Waals surface area contributed by atoms with E-state index < -0.39 is 21.2 Å². The van der Waals surface area contributed by atoms with Gasteiger partial charge in [0.05, 0.1) is 10.3 Å². The van der Waals surface area contributed by atoms with Crippen molar-refractivity contribution in [3.63, 3.8) is 0 Å². The van der Waals surface area contributed by atoms with E-state index >= 15 is 0 Å². The van der Waals surface area contributed by atoms with Crippen LogP contribution in [0.1, 0.15) is 12.8 Å². The second-order valence-electron chi connectivity index (χ2n) is 5.60. The highest BCUT2D eigenvalue weighted by Crippen LogP contribution is 2.65.